The van der Waals surface area contributed by atoms with E-state index in [2.05, 4.69) is 10.3 Å². The van der Waals surface area contributed by atoms with Gasteiger partial charge in [0.2, 0.25) is 11.8 Å². The highest BCUT2D eigenvalue weighted by molar-refractivity contribution is 6.45. The van der Waals surface area contributed by atoms with Crippen molar-refractivity contribution >= 4 is 34.4 Å². The SMILES string of the molecule is COc1ccc2c(C(=O)C(=O)N(CC(=O)NC3(C4CCCCC4)CCCCC3)CC(=O)N3CCCC3)c[nH]c2c1. The lowest BCUT2D eigenvalue weighted by atomic mass is 9.67. The number of ether oxygens (including phenoxy) is 1. The summed E-state index contributed by atoms with van der Waals surface area (Å²) in [6, 6.07) is 5.22. The molecule has 3 aliphatic rings. The van der Waals surface area contributed by atoms with Crippen molar-refractivity contribution in [2.75, 3.05) is 33.3 Å². The molecule has 1 aromatic heterocycles. The number of carbonyl (C=O) groups is 4. The van der Waals surface area contributed by atoms with E-state index in [-0.39, 0.29) is 36.0 Å². The van der Waals surface area contributed by atoms with E-state index in [4.69, 9.17) is 4.74 Å². The van der Waals surface area contributed by atoms with Crippen molar-refractivity contribution < 1.29 is 23.9 Å². The Bertz CT molecular complexity index is 1240. The van der Waals surface area contributed by atoms with Crippen LogP contribution < -0.4 is 10.1 Å². The summed E-state index contributed by atoms with van der Waals surface area (Å²) in [7, 11) is 1.56. The number of fused-ring (bicyclic) bond motifs is 1. The Balaban J connectivity index is 1.36. The summed E-state index contributed by atoms with van der Waals surface area (Å²) in [6.07, 6.45) is 14.4. The summed E-state index contributed by atoms with van der Waals surface area (Å²) in [5, 5.41) is 3.95. The van der Waals surface area contributed by atoms with Gasteiger partial charge in [0.05, 0.1) is 12.7 Å². The van der Waals surface area contributed by atoms with Crippen molar-refractivity contribution in [2.45, 2.75) is 82.6 Å². The molecule has 2 aromatic rings. The molecule has 2 heterocycles. The van der Waals surface area contributed by atoms with Gasteiger partial charge in [-0.15, -0.1) is 0 Å². The van der Waals surface area contributed by atoms with Gasteiger partial charge in [0.25, 0.3) is 11.7 Å². The molecule has 1 aromatic carbocycles. The van der Waals surface area contributed by atoms with Crippen molar-refractivity contribution in [1.82, 2.24) is 20.1 Å². The maximum atomic E-state index is 13.7. The molecule has 3 fully saturated rings. The molecule has 9 nitrogen and oxygen atoms in total. The van der Waals surface area contributed by atoms with E-state index in [1.807, 2.05) is 0 Å². The molecule has 5 rings (SSSR count). The Morgan fingerprint density at radius 3 is 2.38 bits per heavy atom. The lowest BCUT2D eigenvalue weighted by Gasteiger charge is -2.46. The fraction of sp³-hybridized carbons (Fsp3) is 0.613. The first-order chi connectivity index (χ1) is 19.4. The molecule has 0 bridgehead atoms. The van der Waals surface area contributed by atoms with Gasteiger partial charge >= 0.3 is 0 Å². The fourth-order valence-electron chi connectivity index (χ4n) is 7.07. The first kappa shape index (κ1) is 28.2. The topological polar surface area (TPSA) is 112 Å². The largest absolute Gasteiger partial charge is 0.497 e. The molecule has 1 saturated heterocycles. The van der Waals surface area contributed by atoms with Crippen molar-refractivity contribution in [2.24, 2.45) is 5.92 Å². The van der Waals surface area contributed by atoms with E-state index < -0.39 is 11.7 Å². The second-order valence-electron chi connectivity index (χ2n) is 11.8. The van der Waals surface area contributed by atoms with Gasteiger partial charge < -0.3 is 24.8 Å². The number of hydrogen-bond donors (Lipinski definition) is 2. The Morgan fingerprint density at radius 1 is 0.975 bits per heavy atom. The average Bonchev–Trinajstić information content (AvgIpc) is 3.67. The molecule has 9 heteroatoms. The summed E-state index contributed by atoms with van der Waals surface area (Å²) < 4.78 is 5.26. The van der Waals surface area contributed by atoms with Gasteiger partial charge in [-0.1, -0.05) is 38.5 Å². The van der Waals surface area contributed by atoms with Crippen molar-refractivity contribution in [3.05, 3.63) is 30.0 Å². The van der Waals surface area contributed by atoms with E-state index >= 15 is 0 Å². The van der Waals surface area contributed by atoms with Crippen LogP contribution in [0.25, 0.3) is 10.9 Å². The zero-order valence-electron chi connectivity index (χ0n) is 23.6. The number of aromatic amines is 1. The fourth-order valence-corrected chi connectivity index (χ4v) is 7.07. The monoisotopic (exact) mass is 550 g/mol. The molecular formula is C31H42N4O5. The van der Waals surface area contributed by atoms with E-state index in [0.717, 1.165) is 56.3 Å². The molecule has 0 spiro atoms. The number of aromatic nitrogens is 1. The normalized spacial score (nSPS) is 19.4. The van der Waals surface area contributed by atoms with Gasteiger partial charge in [-0.25, -0.2) is 0 Å². The Hall–Kier alpha value is -3.36. The number of ketones is 1. The van der Waals surface area contributed by atoms with Crippen LogP contribution in [0.2, 0.25) is 0 Å². The van der Waals surface area contributed by atoms with Crippen LogP contribution in [0.15, 0.2) is 24.4 Å². The number of nitrogens with zero attached hydrogens (tertiary/aromatic N) is 2. The van der Waals surface area contributed by atoms with Gasteiger partial charge in [0, 0.05) is 41.8 Å². The maximum absolute atomic E-state index is 13.7. The smallest absolute Gasteiger partial charge is 0.295 e. The number of methoxy groups -OCH3 is 1. The van der Waals surface area contributed by atoms with Crippen LogP contribution in [0.1, 0.15) is 87.4 Å². The van der Waals surface area contributed by atoms with Crippen LogP contribution in [0, 0.1) is 5.92 Å². The summed E-state index contributed by atoms with van der Waals surface area (Å²) in [5.41, 5.74) is 0.621. The second-order valence-corrected chi connectivity index (χ2v) is 11.8. The summed E-state index contributed by atoms with van der Waals surface area (Å²) >= 11 is 0. The van der Waals surface area contributed by atoms with Gasteiger partial charge in [-0.2, -0.15) is 0 Å². The number of benzene rings is 1. The molecule has 0 radical (unpaired) electrons. The number of Topliss-reactive ketones (excluding diaryl/α,β-unsaturated/α-hetero) is 1. The van der Waals surface area contributed by atoms with E-state index in [0.29, 0.717) is 35.7 Å². The van der Waals surface area contributed by atoms with Crippen molar-refractivity contribution in [3.63, 3.8) is 0 Å². The quantitative estimate of drug-likeness (QED) is 0.359. The Kier molecular flexibility index (Phi) is 8.76. The van der Waals surface area contributed by atoms with Crippen LogP contribution in [-0.2, 0) is 14.4 Å². The first-order valence-corrected chi connectivity index (χ1v) is 15.0. The predicted molar refractivity (Wildman–Crippen MR) is 152 cm³/mol. The number of carbonyl (C=O) groups excluding carboxylic acids is 4. The molecular weight excluding hydrogens is 508 g/mol. The minimum atomic E-state index is -0.838. The summed E-state index contributed by atoms with van der Waals surface area (Å²) in [4.78, 5) is 59.8. The minimum Gasteiger partial charge on any atom is -0.497 e. The summed E-state index contributed by atoms with van der Waals surface area (Å²) in [6.45, 7) is 0.672. The predicted octanol–water partition coefficient (Wildman–Crippen LogP) is 4.21. The third kappa shape index (κ3) is 6.03. The Labute approximate surface area is 236 Å². The number of rotatable bonds is 9. The highest BCUT2D eigenvalue weighted by Crippen LogP contribution is 2.41. The highest BCUT2D eigenvalue weighted by Gasteiger charge is 2.42. The van der Waals surface area contributed by atoms with Crippen molar-refractivity contribution in [3.8, 4) is 5.75 Å². The highest BCUT2D eigenvalue weighted by atomic mass is 16.5. The van der Waals surface area contributed by atoms with Gasteiger partial charge in [0.1, 0.15) is 18.8 Å². The lowest BCUT2D eigenvalue weighted by Crippen LogP contribution is -2.58. The van der Waals surface area contributed by atoms with E-state index in [9.17, 15) is 19.2 Å². The molecule has 2 aliphatic carbocycles. The van der Waals surface area contributed by atoms with Gasteiger partial charge in [-0.05, 0) is 56.6 Å². The molecule has 2 N–H and O–H groups in total. The molecule has 216 valence electrons. The number of hydrogen-bond acceptors (Lipinski definition) is 5. The minimum absolute atomic E-state index is 0.215. The van der Waals surface area contributed by atoms with Gasteiger partial charge in [-0.3, -0.25) is 19.2 Å². The molecule has 0 atom stereocenters. The third-order valence-corrected chi connectivity index (χ3v) is 9.26. The molecule has 3 amide bonds. The Morgan fingerprint density at radius 2 is 1.68 bits per heavy atom. The zero-order chi connectivity index (χ0) is 28.1. The number of amides is 3. The third-order valence-electron chi connectivity index (χ3n) is 9.26. The standard InChI is InChI=1S/C31H42N4O5/c1-40-23-12-13-24-25(19-32-26(24)18-23)29(38)30(39)35(21-28(37)34-16-8-9-17-34)20-27(36)33-31(14-6-3-7-15-31)22-10-4-2-5-11-22/h12-13,18-19,22,32H,2-11,14-17,20-21H2,1H3,(H,33,36). The second kappa shape index (κ2) is 12.4. The van der Waals surface area contributed by atoms with E-state index in [1.54, 1.807) is 30.2 Å². The van der Waals surface area contributed by atoms with Gasteiger partial charge in [0.15, 0.2) is 0 Å². The van der Waals surface area contributed by atoms with Crippen LogP contribution >= 0.6 is 0 Å². The van der Waals surface area contributed by atoms with Crippen molar-refractivity contribution in [1.29, 1.82) is 0 Å². The van der Waals surface area contributed by atoms with Crippen LogP contribution in [0.4, 0.5) is 0 Å². The van der Waals surface area contributed by atoms with Crippen LogP contribution in [0.5, 0.6) is 5.75 Å². The lowest BCUT2D eigenvalue weighted by molar-refractivity contribution is -0.140. The maximum Gasteiger partial charge on any atom is 0.295 e. The first-order valence-electron chi connectivity index (χ1n) is 15.0. The zero-order valence-corrected chi connectivity index (χ0v) is 23.6. The molecule has 0 unspecified atom stereocenters. The molecule has 2 saturated carbocycles. The summed E-state index contributed by atoms with van der Waals surface area (Å²) in [5.74, 6) is -1.02. The van der Waals surface area contributed by atoms with E-state index in [1.165, 1.54) is 31.9 Å². The van der Waals surface area contributed by atoms with Crippen LogP contribution in [0.3, 0.4) is 0 Å². The number of likely N-dealkylation sites (tertiary alicyclic amines) is 1. The number of nitrogens with one attached hydrogen (secondary N) is 2. The number of H-pyrrole nitrogens is 1. The molecule has 40 heavy (non-hydrogen) atoms. The molecule has 1 aliphatic heterocycles. The van der Waals surface area contributed by atoms with Crippen LogP contribution in [-0.4, -0.2) is 77.1 Å². The average molecular weight is 551 g/mol.